The molecule has 3 aromatic rings. The molecule has 3 N–H and O–H groups in total. The van der Waals surface area contributed by atoms with Crippen LogP contribution in [0.25, 0.3) is 23.3 Å². The van der Waals surface area contributed by atoms with Gasteiger partial charge in [-0.05, 0) is 11.6 Å². The molecule has 0 saturated carbocycles. The molecule has 1 aliphatic heterocycles. The van der Waals surface area contributed by atoms with E-state index in [1.807, 2.05) is 30.3 Å². The van der Waals surface area contributed by atoms with Gasteiger partial charge in [0.25, 0.3) is 5.56 Å². The first kappa shape index (κ1) is 25.6. The number of esters is 3. The minimum absolute atomic E-state index is 0.0421. The number of imidazole rings is 1. The fourth-order valence-corrected chi connectivity index (χ4v) is 4.02. The van der Waals surface area contributed by atoms with E-state index in [4.69, 9.17) is 24.7 Å². The third-order valence-corrected chi connectivity index (χ3v) is 5.42. The van der Waals surface area contributed by atoms with Gasteiger partial charge in [0.15, 0.2) is 29.6 Å². The van der Waals surface area contributed by atoms with E-state index in [2.05, 4.69) is 15.0 Å². The first-order valence-electron chi connectivity index (χ1n) is 11.3. The molecule has 2 aromatic heterocycles. The van der Waals surface area contributed by atoms with Gasteiger partial charge < -0.3 is 24.7 Å². The van der Waals surface area contributed by atoms with Gasteiger partial charge in [0.05, 0.1) is 0 Å². The van der Waals surface area contributed by atoms with Crippen LogP contribution in [0.3, 0.4) is 0 Å². The van der Waals surface area contributed by atoms with Gasteiger partial charge in [-0.3, -0.25) is 28.7 Å². The summed E-state index contributed by atoms with van der Waals surface area (Å²) in [6, 6.07) is 9.32. The molecular formula is C24H25N5O8. The van der Waals surface area contributed by atoms with Crippen molar-refractivity contribution in [2.24, 2.45) is 0 Å². The van der Waals surface area contributed by atoms with Crippen LogP contribution in [0.15, 0.2) is 35.1 Å². The molecule has 0 spiro atoms. The predicted octanol–water partition coefficient (Wildman–Crippen LogP) is 1.20. The van der Waals surface area contributed by atoms with Gasteiger partial charge in [0.2, 0.25) is 5.95 Å². The summed E-state index contributed by atoms with van der Waals surface area (Å²) in [5.41, 5.74) is 6.06. The molecule has 4 rings (SSSR count). The number of anilines is 1. The van der Waals surface area contributed by atoms with Gasteiger partial charge in [0.1, 0.15) is 18.5 Å². The zero-order valence-electron chi connectivity index (χ0n) is 20.2. The van der Waals surface area contributed by atoms with Crippen molar-refractivity contribution in [2.75, 3.05) is 12.3 Å². The number of carbonyl (C=O) groups is 3. The normalized spacial score (nSPS) is 21.3. The number of H-pyrrole nitrogens is 1. The average molecular weight is 511 g/mol. The molecule has 13 nitrogen and oxygen atoms in total. The summed E-state index contributed by atoms with van der Waals surface area (Å²) in [6.07, 6.45) is -1.15. The van der Waals surface area contributed by atoms with Gasteiger partial charge in [-0.15, -0.1) is 0 Å². The number of ether oxygens (including phenoxy) is 4. The Morgan fingerprint density at radius 3 is 2.35 bits per heavy atom. The molecule has 1 saturated heterocycles. The fraction of sp³-hybridized carbons (Fsp3) is 0.333. The summed E-state index contributed by atoms with van der Waals surface area (Å²) in [7, 11) is 0. The lowest BCUT2D eigenvalue weighted by atomic mass is 10.1. The highest BCUT2D eigenvalue weighted by molar-refractivity contribution is 5.77. The van der Waals surface area contributed by atoms with Crippen molar-refractivity contribution in [1.82, 2.24) is 19.5 Å². The number of carbonyl (C=O) groups excluding carboxylic acids is 3. The average Bonchev–Trinajstić information content (AvgIpc) is 3.34. The molecule has 0 amide bonds. The number of benzene rings is 1. The van der Waals surface area contributed by atoms with E-state index in [9.17, 15) is 19.2 Å². The Kier molecular flexibility index (Phi) is 7.34. The highest BCUT2D eigenvalue weighted by Crippen LogP contribution is 2.37. The molecule has 0 unspecified atom stereocenters. The second-order valence-electron chi connectivity index (χ2n) is 8.22. The number of nitrogen functional groups attached to an aromatic ring is 1. The number of hydrogen-bond donors (Lipinski definition) is 2. The molecule has 0 bridgehead atoms. The van der Waals surface area contributed by atoms with Crippen LogP contribution < -0.4 is 11.3 Å². The molecule has 3 heterocycles. The molecule has 4 atom stereocenters. The monoisotopic (exact) mass is 511 g/mol. The lowest BCUT2D eigenvalue weighted by molar-refractivity contribution is -0.166. The maximum absolute atomic E-state index is 12.6. The molecule has 1 fully saturated rings. The Labute approximate surface area is 210 Å². The van der Waals surface area contributed by atoms with Crippen molar-refractivity contribution in [3.63, 3.8) is 0 Å². The van der Waals surface area contributed by atoms with E-state index in [0.717, 1.165) is 5.56 Å². The van der Waals surface area contributed by atoms with E-state index in [1.54, 1.807) is 12.2 Å². The number of nitrogens with one attached hydrogen (secondary N) is 1. The zero-order valence-corrected chi connectivity index (χ0v) is 20.2. The standard InChI is InChI=1S/C24H25N5O8/c1-12(30)34-11-16-19(35-13(2)31)20(36-14(3)32)23(37-16)29-17(10-9-15-7-5-4-6-8-15)26-18-21(29)27-24(25)28-22(18)33/h4-10,16,19-20,23H,11H2,1-3H3,(H3,25,27,28,33)/t16-,19-,20-,23-/m1/s1. The Morgan fingerprint density at radius 2 is 1.70 bits per heavy atom. The van der Waals surface area contributed by atoms with Gasteiger partial charge >= 0.3 is 17.9 Å². The Morgan fingerprint density at radius 1 is 1.03 bits per heavy atom. The second kappa shape index (κ2) is 10.6. The summed E-state index contributed by atoms with van der Waals surface area (Å²) >= 11 is 0. The van der Waals surface area contributed by atoms with Crippen LogP contribution in [-0.2, 0) is 33.3 Å². The largest absolute Gasteiger partial charge is 0.463 e. The second-order valence-corrected chi connectivity index (χ2v) is 8.22. The lowest BCUT2D eigenvalue weighted by Gasteiger charge is -2.24. The summed E-state index contributed by atoms with van der Waals surface area (Å²) in [5.74, 6) is -1.89. The Hall–Kier alpha value is -4.52. The first-order valence-corrected chi connectivity index (χ1v) is 11.3. The molecule has 13 heteroatoms. The van der Waals surface area contributed by atoms with Crippen molar-refractivity contribution in [3.8, 4) is 0 Å². The van der Waals surface area contributed by atoms with Crippen molar-refractivity contribution in [2.45, 2.75) is 45.3 Å². The van der Waals surface area contributed by atoms with Crippen LogP contribution in [0, 0.1) is 0 Å². The van der Waals surface area contributed by atoms with E-state index in [-0.39, 0.29) is 29.5 Å². The number of nitrogens with two attached hydrogens (primary N) is 1. The first-order chi connectivity index (χ1) is 17.6. The van der Waals surface area contributed by atoms with Gasteiger partial charge in [0, 0.05) is 20.8 Å². The van der Waals surface area contributed by atoms with Gasteiger partial charge in [-0.1, -0.05) is 36.4 Å². The quantitative estimate of drug-likeness (QED) is 0.344. The number of aromatic amines is 1. The lowest BCUT2D eigenvalue weighted by Crippen LogP contribution is -2.40. The number of fused-ring (bicyclic) bond motifs is 1. The predicted molar refractivity (Wildman–Crippen MR) is 130 cm³/mol. The van der Waals surface area contributed by atoms with E-state index < -0.39 is 48.0 Å². The topological polar surface area (TPSA) is 178 Å². The van der Waals surface area contributed by atoms with Crippen molar-refractivity contribution < 1.29 is 33.3 Å². The van der Waals surface area contributed by atoms with Gasteiger partial charge in [-0.25, -0.2) is 4.98 Å². The van der Waals surface area contributed by atoms with Crippen LogP contribution in [0.1, 0.15) is 38.4 Å². The molecule has 1 aliphatic rings. The number of hydrogen-bond acceptors (Lipinski definition) is 11. The van der Waals surface area contributed by atoms with Crippen LogP contribution in [0.2, 0.25) is 0 Å². The van der Waals surface area contributed by atoms with Crippen LogP contribution >= 0.6 is 0 Å². The Bertz CT molecular complexity index is 1410. The van der Waals surface area contributed by atoms with Crippen molar-refractivity contribution >= 4 is 47.2 Å². The van der Waals surface area contributed by atoms with Crippen molar-refractivity contribution in [3.05, 3.63) is 52.1 Å². The maximum Gasteiger partial charge on any atom is 0.303 e. The van der Waals surface area contributed by atoms with Crippen LogP contribution in [0.4, 0.5) is 5.95 Å². The zero-order chi connectivity index (χ0) is 26.7. The van der Waals surface area contributed by atoms with Crippen molar-refractivity contribution in [1.29, 1.82) is 0 Å². The van der Waals surface area contributed by atoms with Crippen LogP contribution in [-0.4, -0.2) is 62.3 Å². The Balaban J connectivity index is 1.88. The number of nitrogens with zero attached hydrogens (tertiary/aromatic N) is 3. The minimum atomic E-state index is -1.20. The van der Waals surface area contributed by atoms with Crippen LogP contribution in [0.5, 0.6) is 0 Å². The number of rotatable bonds is 7. The van der Waals surface area contributed by atoms with E-state index >= 15 is 0 Å². The van der Waals surface area contributed by atoms with Gasteiger partial charge in [-0.2, -0.15) is 4.98 Å². The SMILES string of the molecule is CC(=O)OC[C@H]1O[C@@H](n2c(C=Cc3ccccc3)nc3c(=O)[nH]c(N)nc32)[C@H](OC(C)=O)[C@@H]1OC(C)=O. The molecule has 1 aromatic carbocycles. The molecule has 0 aliphatic carbocycles. The molecule has 37 heavy (non-hydrogen) atoms. The fourth-order valence-electron chi connectivity index (χ4n) is 4.02. The minimum Gasteiger partial charge on any atom is -0.463 e. The third-order valence-electron chi connectivity index (χ3n) is 5.42. The smallest absolute Gasteiger partial charge is 0.303 e. The highest BCUT2D eigenvalue weighted by Gasteiger charge is 2.51. The molecular weight excluding hydrogens is 486 g/mol. The summed E-state index contributed by atoms with van der Waals surface area (Å²) in [5, 5.41) is 0. The highest BCUT2D eigenvalue weighted by atomic mass is 16.7. The number of aromatic nitrogens is 4. The van der Waals surface area contributed by atoms with E-state index in [0.29, 0.717) is 0 Å². The third kappa shape index (κ3) is 5.67. The van der Waals surface area contributed by atoms with E-state index in [1.165, 1.54) is 25.3 Å². The maximum atomic E-state index is 12.6. The molecule has 0 radical (unpaired) electrons. The summed E-state index contributed by atoms with van der Waals surface area (Å²) in [4.78, 5) is 59.1. The molecule has 194 valence electrons. The summed E-state index contributed by atoms with van der Waals surface area (Å²) < 4.78 is 23.6. The summed E-state index contributed by atoms with van der Waals surface area (Å²) in [6.45, 7) is 3.29.